The number of hydrogen-bond donors (Lipinski definition) is 2. The average Bonchev–Trinajstić information content (AvgIpc) is 3.47. The summed E-state index contributed by atoms with van der Waals surface area (Å²) in [5.74, 6) is -0.0416. The molecule has 44 heavy (non-hydrogen) atoms. The fourth-order valence-electron chi connectivity index (χ4n) is 4.83. The van der Waals surface area contributed by atoms with Gasteiger partial charge < -0.3 is 29.6 Å². The molecule has 3 amide bonds. The first kappa shape index (κ1) is 29.8. The lowest BCUT2D eigenvalue weighted by molar-refractivity contribution is 0.0143. The van der Waals surface area contributed by atoms with Crippen molar-refractivity contribution in [2.24, 2.45) is 0 Å². The molecular formula is C31H36FN7O4S. The molecule has 1 aliphatic carbocycles. The summed E-state index contributed by atoms with van der Waals surface area (Å²) in [7, 11) is 0. The molecule has 4 heterocycles. The lowest BCUT2D eigenvalue weighted by Gasteiger charge is -2.35. The number of piperazine rings is 1. The largest absolute Gasteiger partial charge is 0.453 e. The summed E-state index contributed by atoms with van der Waals surface area (Å²) in [6, 6.07) is 7.88. The van der Waals surface area contributed by atoms with Gasteiger partial charge >= 0.3 is 12.1 Å². The molecule has 2 N–H and O–H groups in total. The number of benzene rings is 1. The van der Waals surface area contributed by atoms with Crippen LogP contribution in [0, 0.1) is 5.82 Å². The highest BCUT2D eigenvalue weighted by Gasteiger charge is 2.26. The van der Waals surface area contributed by atoms with Crippen molar-refractivity contribution in [3.05, 3.63) is 54.9 Å². The van der Waals surface area contributed by atoms with E-state index in [0.717, 1.165) is 59.8 Å². The first-order chi connectivity index (χ1) is 21.1. The molecule has 11 nitrogen and oxygen atoms in total. The van der Waals surface area contributed by atoms with E-state index in [1.54, 1.807) is 23.2 Å². The molecule has 13 heteroatoms. The van der Waals surface area contributed by atoms with Crippen molar-refractivity contribution in [2.45, 2.75) is 51.8 Å². The summed E-state index contributed by atoms with van der Waals surface area (Å²) in [4.78, 5) is 38.4. The number of urea groups is 1. The van der Waals surface area contributed by atoms with Gasteiger partial charge in [0.15, 0.2) is 11.6 Å². The number of hydrogen-bond acceptors (Lipinski definition) is 8. The van der Waals surface area contributed by atoms with Crippen LogP contribution in [-0.2, 0) is 11.3 Å². The lowest BCUT2D eigenvalue weighted by Crippen LogP contribution is -2.50. The quantitative estimate of drug-likeness (QED) is 0.251. The zero-order valence-corrected chi connectivity index (χ0v) is 25.8. The van der Waals surface area contributed by atoms with Crippen LogP contribution in [0.4, 0.5) is 19.7 Å². The summed E-state index contributed by atoms with van der Waals surface area (Å²) in [5, 5.41) is 5.47. The first-order valence-electron chi connectivity index (χ1n) is 14.8. The van der Waals surface area contributed by atoms with Crippen LogP contribution in [0.5, 0.6) is 11.5 Å². The molecule has 0 spiro atoms. The number of imidazole rings is 1. The van der Waals surface area contributed by atoms with E-state index in [2.05, 4.69) is 30.1 Å². The van der Waals surface area contributed by atoms with Crippen LogP contribution < -0.4 is 15.4 Å². The fraction of sp³-hybridized carbons (Fsp3) is 0.419. The lowest BCUT2D eigenvalue weighted by atomic mass is 10.2. The molecule has 0 atom stereocenters. The second-order valence-electron chi connectivity index (χ2n) is 12.1. The van der Waals surface area contributed by atoms with E-state index in [-0.39, 0.29) is 23.9 Å². The predicted octanol–water partition coefficient (Wildman–Crippen LogP) is 5.93. The number of anilines is 1. The third kappa shape index (κ3) is 7.45. The van der Waals surface area contributed by atoms with Gasteiger partial charge in [0.1, 0.15) is 11.4 Å². The van der Waals surface area contributed by atoms with E-state index in [1.165, 1.54) is 23.5 Å². The Bertz CT molecular complexity index is 1650. The van der Waals surface area contributed by atoms with Crippen molar-refractivity contribution in [3.63, 3.8) is 0 Å². The summed E-state index contributed by atoms with van der Waals surface area (Å²) in [5.41, 5.74) is 1.41. The Hall–Kier alpha value is -4.23. The van der Waals surface area contributed by atoms with Gasteiger partial charge in [-0.3, -0.25) is 9.88 Å². The van der Waals surface area contributed by atoms with Gasteiger partial charge in [0.05, 0.1) is 27.1 Å². The summed E-state index contributed by atoms with van der Waals surface area (Å²) >= 11 is 1.48. The van der Waals surface area contributed by atoms with Gasteiger partial charge in [0.2, 0.25) is 0 Å². The van der Waals surface area contributed by atoms with Gasteiger partial charge in [-0.05, 0) is 51.8 Å². The smallest absolute Gasteiger partial charge is 0.410 e. The van der Waals surface area contributed by atoms with Crippen LogP contribution >= 0.6 is 11.3 Å². The SMILES string of the molecule is CC(C)(C)OC(=O)N1CCN(CCn2cnc(-c3cc4nccc(Oc5ccc(NC(=O)NC6CC6)cc5F)c4s3)c2)CC1. The van der Waals surface area contributed by atoms with E-state index < -0.39 is 11.4 Å². The number of amides is 3. The Morgan fingerprint density at radius 1 is 1.05 bits per heavy atom. The number of nitrogens with zero attached hydrogens (tertiary/aromatic N) is 5. The monoisotopic (exact) mass is 621 g/mol. The number of aromatic nitrogens is 3. The van der Waals surface area contributed by atoms with Crippen LogP contribution in [0.25, 0.3) is 20.8 Å². The van der Waals surface area contributed by atoms with Crippen LogP contribution in [0.1, 0.15) is 33.6 Å². The van der Waals surface area contributed by atoms with E-state index in [0.29, 0.717) is 24.5 Å². The summed E-state index contributed by atoms with van der Waals surface area (Å²) in [6.07, 6.45) is 7.14. The molecule has 1 aliphatic heterocycles. The average molecular weight is 622 g/mol. The molecule has 2 fully saturated rings. The van der Waals surface area contributed by atoms with E-state index in [9.17, 15) is 14.0 Å². The Morgan fingerprint density at radius 2 is 1.84 bits per heavy atom. The number of rotatable bonds is 8. The van der Waals surface area contributed by atoms with Crippen molar-refractivity contribution >= 4 is 39.4 Å². The van der Waals surface area contributed by atoms with Crippen molar-refractivity contribution < 1.29 is 23.5 Å². The van der Waals surface area contributed by atoms with Crippen LogP contribution in [0.2, 0.25) is 0 Å². The predicted molar refractivity (Wildman–Crippen MR) is 167 cm³/mol. The molecule has 1 saturated heterocycles. The summed E-state index contributed by atoms with van der Waals surface area (Å²) < 4.78 is 29.2. The molecule has 232 valence electrons. The number of carbonyl (C=O) groups is 2. The Labute approximate surface area is 259 Å². The highest BCUT2D eigenvalue weighted by Crippen LogP contribution is 2.39. The zero-order valence-electron chi connectivity index (χ0n) is 25.0. The third-order valence-electron chi connectivity index (χ3n) is 7.28. The number of thiophene rings is 1. The maximum absolute atomic E-state index is 14.9. The highest BCUT2D eigenvalue weighted by molar-refractivity contribution is 7.22. The van der Waals surface area contributed by atoms with Crippen LogP contribution in [-0.4, -0.2) is 80.8 Å². The second kappa shape index (κ2) is 12.4. The van der Waals surface area contributed by atoms with Gasteiger partial charge in [-0.2, -0.15) is 0 Å². The van der Waals surface area contributed by atoms with Gasteiger partial charge in [0, 0.05) is 75.5 Å². The van der Waals surface area contributed by atoms with Gasteiger partial charge in [-0.25, -0.2) is 19.0 Å². The maximum Gasteiger partial charge on any atom is 0.410 e. The maximum atomic E-state index is 14.9. The number of ether oxygens (including phenoxy) is 2. The number of pyridine rings is 1. The van der Waals surface area contributed by atoms with Crippen molar-refractivity contribution in [3.8, 4) is 22.1 Å². The third-order valence-corrected chi connectivity index (χ3v) is 8.44. The fourth-order valence-corrected chi connectivity index (χ4v) is 5.86. The minimum Gasteiger partial charge on any atom is -0.453 e. The molecule has 1 saturated carbocycles. The standard InChI is InChI=1S/C31H36FN7O4S/c1-31(2,3)43-30(41)39-14-12-37(13-15-39)10-11-38-18-24(34-19-38)27-17-23-28(44-27)26(8-9-33-23)42-25-7-6-21(16-22(25)32)36-29(40)35-20-4-5-20/h6-9,16-20H,4-5,10-15H2,1-3H3,(H2,35,36,40). The highest BCUT2D eigenvalue weighted by atomic mass is 32.1. The number of carbonyl (C=O) groups excluding carboxylic acids is 2. The number of halogens is 1. The second-order valence-corrected chi connectivity index (χ2v) is 13.1. The number of nitrogens with one attached hydrogen (secondary N) is 2. The molecule has 6 rings (SSSR count). The van der Waals surface area contributed by atoms with Crippen LogP contribution in [0.3, 0.4) is 0 Å². The molecule has 0 unspecified atom stereocenters. The molecular weight excluding hydrogens is 585 g/mol. The molecule has 2 aliphatic rings. The van der Waals surface area contributed by atoms with Gasteiger partial charge in [0.25, 0.3) is 0 Å². The molecule has 4 aromatic rings. The molecule has 3 aromatic heterocycles. The first-order valence-corrected chi connectivity index (χ1v) is 15.6. The van der Waals surface area contributed by atoms with E-state index in [1.807, 2.05) is 39.4 Å². The Morgan fingerprint density at radius 3 is 2.57 bits per heavy atom. The number of fused-ring (bicyclic) bond motifs is 1. The zero-order chi connectivity index (χ0) is 30.8. The van der Waals surface area contributed by atoms with Crippen molar-refractivity contribution in [2.75, 3.05) is 38.0 Å². The van der Waals surface area contributed by atoms with Gasteiger partial charge in [-0.1, -0.05) is 0 Å². The van der Waals surface area contributed by atoms with E-state index in [4.69, 9.17) is 9.47 Å². The summed E-state index contributed by atoms with van der Waals surface area (Å²) in [6.45, 7) is 10.1. The minimum atomic E-state index is -0.582. The Balaban J connectivity index is 1.06. The molecule has 1 aromatic carbocycles. The van der Waals surface area contributed by atoms with Crippen molar-refractivity contribution in [1.82, 2.24) is 29.7 Å². The molecule has 0 bridgehead atoms. The van der Waals surface area contributed by atoms with E-state index >= 15 is 0 Å². The topological polar surface area (TPSA) is 114 Å². The van der Waals surface area contributed by atoms with Gasteiger partial charge in [-0.15, -0.1) is 11.3 Å². The minimum absolute atomic E-state index is 0.0526. The Kier molecular flexibility index (Phi) is 8.41. The van der Waals surface area contributed by atoms with Crippen molar-refractivity contribution in [1.29, 1.82) is 0 Å². The normalized spacial score (nSPS) is 15.8. The van der Waals surface area contributed by atoms with Crippen LogP contribution in [0.15, 0.2) is 49.1 Å². The molecule has 0 radical (unpaired) electrons.